The van der Waals surface area contributed by atoms with Gasteiger partial charge in [0.15, 0.2) is 0 Å². The molecule has 1 N–H and O–H groups in total. The molecule has 0 spiro atoms. The van der Waals surface area contributed by atoms with E-state index in [1.165, 1.54) is 11.1 Å². The summed E-state index contributed by atoms with van der Waals surface area (Å²) in [5.41, 5.74) is 3.65. The van der Waals surface area contributed by atoms with Gasteiger partial charge in [-0.2, -0.15) is 0 Å². The van der Waals surface area contributed by atoms with E-state index in [0.717, 1.165) is 25.1 Å². The van der Waals surface area contributed by atoms with Gasteiger partial charge < -0.3 is 5.32 Å². The molecule has 0 fully saturated rings. The molecular formula is C16H21N3. The first-order valence-electron chi connectivity index (χ1n) is 6.93. The third-order valence-corrected chi connectivity index (χ3v) is 3.19. The largest absolute Gasteiger partial charge is 0.305 e. The van der Waals surface area contributed by atoms with Gasteiger partial charge in [-0.25, -0.2) is 9.97 Å². The summed E-state index contributed by atoms with van der Waals surface area (Å²) in [5.74, 6) is 0. The molecule has 0 amide bonds. The number of hydrogen-bond acceptors (Lipinski definition) is 3. The minimum atomic E-state index is 0.148. The van der Waals surface area contributed by atoms with Crippen molar-refractivity contribution >= 4 is 0 Å². The Bertz CT molecular complexity index is 496. The van der Waals surface area contributed by atoms with Crippen LogP contribution in [0.1, 0.15) is 43.1 Å². The Morgan fingerprint density at radius 1 is 1.21 bits per heavy atom. The topological polar surface area (TPSA) is 37.8 Å². The highest BCUT2D eigenvalue weighted by Crippen LogP contribution is 2.21. The molecule has 1 heterocycles. The maximum atomic E-state index is 4.39. The van der Waals surface area contributed by atoms with E-state index in [1.54, 1.807) is 12.5 Å². The van der Waals surface area contributed by atoms with Crippen LogP contribution in [-0.2, 0) is 6.42 Å². The van der Waals surface area contributed by atoms with Gasteiger partial charge in [0.25, 0.3) is 0 Å². The monoisotopic (exact) mass is 255 g/mol. The summed E-state index contributed by atoms with van der Waals surface area (Å²) in [7, 11) is 0. The molecule has 1 aromatic heterocycles. The van der Waals surface area contributed by atoms with E-state index >= 15 is 0 Å². The summed E-state index contributed by atoms with van der Waals surface area (Å²) in [6.07, 6.45) is 5.57. The lowest BCUT2D eigenvalue weighted by molar-refractivity contribution is 0.585. The standard InChI is InChI=1S/C16H21N3/c1-3-9-18-16(15-8-10-17-12-19-15)14-7-5-6-13(4-2)11-14/h5-8,10-12,16,18H,3-4,9H2,1-2H3. The van der Waals surface area contributed by atoms with Gasteiger partial charge in [-0.15, -0.1) is 0 Å². The molecule has 0 aliphatic heterocycles. The van der Waals surface area contributed by atoms with Crippen LogP contribution in [0, 0.1) is 0 Å². The number of aryl methyl sites for hydroxylation is 1. The molecule has 0 aliphatic carbocycles. The molecule has 0 aliphatic rings. The minimum absolute atomic E-state index is 0.148. The molecule has 100 valence electrons. The summed E-state index contributed by atoms with van der Waals surface area (Å²) in [6, 6.07) is 10.8. The fourth-order valence-corrected chi connectivity index (χ4v) is 2.15. The zero-order valence-electron chi connectivity index (χ0n) is 11.6. The summed E-state index contributed by atoms with van der Waals surface area (Å²) in [5, 5.41) is 3.56. The molecule has 2 rings (SSSR count). The van der Waals surface area contributed by atoms with Gasteiger partial charge in [0.05, 0.1) is 11.7 Å². The highest BCUT2D eigenvalue weighted by atomic mass is 14.9. The van der Waals surface area contributed by atoms with Crippen molar-refractivity contribution in [3.63, 3.8) is 0 Å². The zero-order chi connectivity index (χ0) is 13.5. The van der Waals surface area contributed by atoms with Crippen molar-refractivity contribution in [3.05, 3.63) is 59.7 Å². The third-order valence-electron chi connectivity index (χ3n) is 3.19. The Kier molecular flexibility index (Phi) is 5.04. The Hall–Kier alpha value is -1.74. The maximum Gasteiger partial charge on any atom is 0.115 e. The average molecular weight is 255 g/mol. The van der Waals surface area contributed by atoms with Gasteiger partial charge in [-0.1, -0.05) is 38.1 Å². The van der Waals surface area contributed by atoms with Crippen molar-refractivity contribution in [1.82, 2.24) is 15.3 Å². The molecule has 3 heteroatoms. The molecule has 1 unspecified atom stereocenters. The first-order valence-corrected chi connectivity index (χ1v) is 6.93. The molecule has 19 heavy (non-hydrogen) atoms. The van der Waals surface area contributed by atoms with E-state index in [2.05, 4.69) is 53.4 Å². The number of nitrogens with zero attached hydrogens (tertiary/aromatic N) is 2. The normalized spacial score (nSPS) is 12.3. The van der Waals surface area contributed by atoms with Crippen LogP contribution < -0.4 is 5.32 Å². The van der Waals surface area contributed by atoms with E-state index in [0.29, 0.717) is 0 Å². The lowest BCUT2D eigenvalue weighted by Gasteiger charge is -2.19. The maximum absolute atomic E-state index is 4.39. The Balaban J connectivity index is 2.31. The second kappa shape index (κ2) is 7.00. The molecule has 1 aromatic carbocycles. The summed E-state index contributed by atoms with van der Waals surface area (Å²) in [4.78, 5) is 8.39. The van der Waals surface area contributed by atoms with Crippen LogP contribution in [0.4, 0.5) is 0 Å². The first-order chi connectivity index (χ1) is 9.35. The molecule has 1 atom stereocenters. The van der Waals surface area contributed by atoms with Crippen molar-refractivity contribution in [2.45, 2.75) is 32.7 Å². The predicted molar refractivity (Wildman–Crippen MR) is 78.0 cm³/mol. The van der Waals surface area contributed by atoms with Crippen molar-refractivity contribution in [3.8, 4) is 0 Å². The molecule has 0 bridgehead atoms. The SMILES string of the molecule is CCCNC(c1cccc(CC)c1)c1ccncn1. The molecule has 3 nitrogen and oxygen atoms in total. The highest BCUT2D eigenvalue weighted by molar-refractivity contribution is 5.31. The molecular weight excluding hydrogens is 234 g/mol. The van der Waals surface area contributed by atoms with Gasteiger partial charge in [0.2, 0.25) is 0 Å². The summed E-state index contributed by atoms with van der Waals surface area (Å²) < 4.78 is 0. The van der Waals surface area contributed by atoms with Crippen LogP contribution in [0.15, 0.2) is 42.9 Å². The average Bonchev–Trinajstić information content (AvgIpc) is 2.49. The second-order valence-electron chi connectivity index (χ2n) is 4.62. The molecule has 2 aromatic rings. The Morgan fingerprint density at radius 3 is 2.79 bits per heavy atom. The fraction of sp³-hybridized carbons (Fsp3) is 0.375. The number of aromatic nitrogens is 2. The third kappa shape index (κ3) is 3.61. The zero-order valence-corrected chi connectivity index (χ0v) is 11.6. The van der Waals surface area contributed by atoms with Crippen molar-refractivity contribution in [2.75, 3.05) is 6.54 Å². The molecule has 0 saturated carbocycles. The van der Waals surface area contributed by atoms with E-state index < -0.39 is 0 Å². The van der Waals surface area contributed by atoms with Gasteiger partial charge in [0, 0.05) is 6.20 Å². The molecule has 0 saturated heterocycles. The summed E-state index contributed by atoms with van der Waals surface area (Å²) in [6.45, 7) is 5.33. The smallest absolute Gasteiger partial charge is 0.115 e. The quantitative estimate of drug-likeness (QED) is 0.861. The van der Waals surface area contributed by atoms with Crippen molar-refractivity contribution in [2.24, 2.45) is 0 Å². The van der Waals surface area contributed by atoms with Crippen LogP contribution in [0.3, 0.4) is 0 Å². The van der Waals surface area contributed by atoms with Crippen LogP contribution in [0.5, 0.6) is 0 Å². The Labute approximate surface area is 115 Å². The van der Waals surface area contributed by atoms with E-state index in [-0.39, 0.29) is 6.04 Å². The number of hydrogen-bond donors (Lipinski definition) is 1. The first kappa shape index (κ1) is 13.7. The van der Waals surface area contributed by atoms with Crippen LogP contribution in [0.2, 0.25) is 0 Å². The Morgan fingerprint density at radius 2 is 2.11 bits per heavy atom. The lowest BCUT2D eigenvalue weighted by atomic mass is 10.00. The fourth-order valence-electron chi connectivity index (χ4n) is 2.15. The predicted octanol–water partition coefficient (Wildman–Crippen LogP) is 3.13. The van der Waals surface area contributed by atoms with Crippen molar-refractivity contribution in [1.29, 1.82) is 0 Å². The van der Waals surface area contributed by atoms with Crippen LogP contribution in [-0.4, -0.2) is 16.5 Å². The van der Waals surface area contributed by atoms with E-state index in [9.17, 15) is 0 Å². The number of benzene rings is 1. The van der Waals surface area contributed by atoms with E-state index in [1.807, 2.05) is 6.07 Å². The number of nitrogens with one attached hydrogen (secondary N) is 1. The van der Waals surface area contributed by atoms with Crippen LogP contribution in [0.25, 0.3) is 0 Å². The number of rotatable bonds is 6. The lowest BCUT2D eigenvalue weighted by Crippen LogP contribution is -2.24. The minimum Gasteiger partial charge on any atom is -0.305 e. The summed E-state index contributed by atoms with van der Waals surface area (Å²) >= 11 is 0. The van der Waals surface area contributed by atoms with E-state index in [4.69, 9.17) is 0 Å². The van der Waals surface area contributed by atoms with Gasteiger partial charge in [0.1, 0.15) is 6.33 Å². The molecule has 0 radical (unpaired) electrons. The van der Waals surface area contributed by atoms with Crippen LogP contribution >= 0.6 is 0 Å². The highest BCUT2D eigenvalue weighted by Gasteiger charge is 2.14. The van der Waals surface area contributed by atoms with Gasteiger partial charge in [-0.3, -0.25) is 0 Å². The second-order valence-corrected chi connectivity index (χ2v) is 4.62. The van der Waals surface area contributed by atoms with Gasteiger partial charge in [-0.05, 0) is 36.6 Å². The van der Waals surface area contributed by atoms with Gasteiger partial charge >= 0.3 is 0 Å². The van der Waals surface area contributed by atoms with Crippen molar-refractivity contribution < 1.29 is 0 Å².